The second kappa shape index (κ2) is 6.03. The number of rotatable bonds is 3. The van der Waals surface area contributed by atoms with Gasteiger partial charge in [0.15, 0.2) is 0 Å². The molecule has 0 atom stereocenters. The second-order valence-corrected chi connectivity index (χ2v) is 6.33. The van der Waals surface area contributed by atoms with E-state index in [1.807, 2.05) is 11.8 Å². The first-order chi connectivity index (χ1) is 10.2. The SMILES string of the molecule is CCNc1cc(C(=O)N2CCc3sccc3C2)c(Cl)cn1. The van der Waals surface area contributed by atoms with Gasteiger partial charge in [0.1, 0.15) is 5.82 Å². The third kappa shape index (κ3) is 2.89. The largest absolute Gasteiger partial charge is 0.370 e. The molecule has 1 amide bonds. The standard InChI is InChI=1S/C15H16ClN3OS/c1-2-17-14-7-11(12(16)8-18-14)15(20)19-5-3-13-10(9-19)4-6-21-13/h4,6-8H,2-3,5,9H2,1H3,(H,17,18). The monoisotopic (exact) mass is 321 g/mol. The Labute approximate surface area is 132 Å². The highest BCUT2D eigenvalue weighted by Crippen LogP contribution is 2.27. The van der Waals surface area contributed by atoms with E-state index in [9.17, 15) is 4.79 Å². The van der Waals surface area contributed by atoms with E-state index < -0.39 is 0 Å². The fourth-order valence-electron chi connectivity index (χ4n) is 2.47. The normalized spacial score (nSPS) is 13.9. The molecule has 0 bridgehead atoms. The summed E-state index contributed by atoms with van der Waals surface area (Å²) in [6, 6.07) is 3.83. The average molecular weight is 322 g/mol. The van der Waals surface area contributed by atoms with Crippen molar-refractivity contribution in [1.29, 1.82) is 0 Å². The molecule has 0 spiro atoms. The lowest BCUT2D eigenvalue weighted by atomic mass is 10.1. The van der Waals surface area contributed by atoms with Crippen molar-refractivity contribution >= 4 is 34.7 Å². The van der Waals surface area contributed by atoms with Crippen LogP contribution in [0.5, 0.6) is 0 Å². The Bertz CT molecular complexity index is 671. The van der Waals surface area contributed by atoms with Gasteiger partial charge in [-0.25, -0.2) is 4.98 Å². The number of hydrogen-bond acceptors (Lipinski definition) is 4. The van der Waals surface area contributed by atoms with Gasteiger partial charge in [-0.05, 0) is 36.4 Å². The Morgan fingerprint density at radius 2 is 2.43 bits per heavy atom. The lowest BCUT2D eigenvalue weighted by Gasteiger charge is -2.27. The predicted molar refractivity (Wildman–Crippen MR) is 86.2 cm³/mol. The van der Waals surface area contributed by atoms with Gasteiger partial charge in [-0.1, -0.05) is 11.6 Å². The number of nitrogens with one attached hydrogen (secondary N) is 1. The van der Waals surface area contributed by atoms with Crippen LogP contribution in [-0.4, -0.2) is 28.9 Å². The van der Waals surface area contributed by atoms with Gasteiger partial charge in [-0.3, -0.25) is 4.79 Å². The van der Waals surface area contributed by atoms with E-state index in [0.717, 1.165) is 19.5 Å². The molecule has 3 heterocycles. The maximum absolute atomic E-state index is 12.7. The molecule has 0 unspecified atom stereocenters. The number of amides is 1. The van der Waals surface area contributed by atoms with Crippen molar-refractivity contribution in [3.8, 4) is 0 Å². The van der Waals surface area contributed by atoms with E-state index in [2.05, 4.69) is 21.7 Å². The van der Waals surface area contributed by atoms with Gasteiger partial charge in [0.05, 0.1) is 10.6 Å². The molecule has 110 valence electrons. The van der Waals surface area contributed by atoms with Crippen LogP contribution in [0.1, 0.15) is 27.7 Å². The first kappa shape index (κ1) is 14.4. The molecule has 6 heteroatoms. The van der Waals surface area contributed by atoms with E-state index in [1.165, 1.54) is 16.6 Å². The summed E-state index contributed by atoms with van der Waals surface area (Å²) in [7, 11) is 0. The zero-order chi connectivity index (χ0) is 14.8. The van der Waals surface area contributed by atoms with Gasteiger partial charge < -0.3 is 10.2 Å². The van der Waals surface area contributed by atoms with Crippen molar-refractivity contribution in [3.63, 3.8) is 0 Å². The number of nitrogens with zero attached hydrogens (tertiary/aromatic N) is 2. The number of pyridine rings is 1. The number of fused-ring (bicyclic) bond motifs is 1. The number of anilines is 1. The van der Waals surface area contributed by atoms with Gasteiger partial charge in [-0.2, -0.15) is 0 Å². The molecular weight excluding hydrogens is 306 g/mol. The van der Waals surface area contributed by atoms with E-state index >= 15 is 0 Å². The molecule has 3 rings (SSSR count). The summed E-state index contributed by atoms with van der Waals surface area (Å²) in [6.45, 7) is 4.14. The number of hydrogen-bond donors (Lipinski definition) is 1. The highest BCUT2D eigenvalue weighted by atomic mass is 35.5. The smallest absolute Gasteiger partial charge is 0.255 e. The van der Waals surface area contributed by atoms with Crippen molar-refractivity contribution in [1.82, 2.24) is 9.88 Å². The van der Waals surface area contributed by atoms with Gasteiger partial charge in [-0.15, -0.1) is 11.3 Å². The van der Waals surface area contributed by atoms with Crippen LogP contribution >= 0.6 is 22.9 Å². The molecule has 0 fully saturated rings. The summed E-state index contributed by atoms with van der Waals surface area (Å²) in [5, 5.41) is 5.59. The Hall–Kier alpha value is -1.59. The van der Waals surface area contributed by atoms with Crippen molar-refractivity contribution in [2.45, 2.75) is 19.9 Å². The minimum Gasteiger partial charge on any atom is -0.370 e. The minimum atomic E-state index is -0.0293. The summed E-state index contributed by atoms with van der Waals surface area (Å²) >= 11 is 7.92. The van der Waals surface area contributed by atoms with Crippen LogP contribution in [0.15, 0.2) is 23.7 Å². The van der Waals surface area contributed by atoms with Gasteiger partial charge >= 0.3 is 0 Å². The molecule has 0 radical (unpaired) electrons. The average Bonchev–Trinajstić information content (AvgIpc) is 2.96. The molecule has 2 aromatic rings. The van der Waals surface area contributed by atoms with E-state index in [1.54, 1.807) is 17.4 Å². The van der Waals surface area contributed by atoms with Crippen LogP contribution in [0.4, 0.5) is 5.82 Å². The lowest BCUT2D eigenvalue weighted by molar-refractivity contribution is 0.0736. The second-order valence-electron chi connectivity index (χ2n) is 4.93. The summed E-state index contributed by atoms with van der Waals surface area (Å²) in [6.07, 6.45) is 2.45. The number of aromatic nitrogens is 1. The molecule has 21 heavy (non-hydrogen) atoms. The van der Waals surface area contributed by atoms with Crippen molar-refractivity contribution in [2.24, 2.45) is 0 Å². The summed E-state index contributed by atoms with van der Waals surface area (Å²) in [4.78, 5) is 20.1. The number of carbonyl (C=O) groups is 1. The van der Waals surface area contributed by atoms with Crippen molar-refractivity contribution in [2.75, 3.05) is 18.4 Å². The van der Waals surface area contributed by atoms with E-state index in [4.69, 9.17) is 11.6 Å². The van der Waals surface area contributed by atoms with Crippen LogP contribution < -0.4 is 5.32 Å². The summed E-state index contributed by atoms with van der Waals surface area (Å²) in [5.74, 6) is 0.650. The van der Waals surface area contributed by atoms with Crippen LogP contribution in [0, 0.1) is 0 Å². The zero-order valence-corrected chi connectivity index (χ0v) is 13.3. The quantitative estimate of drug-likeness (QED) is 0.942. The Morgan fingerprint density at radius 3 is 3.24 bits per heavy atom. The number of halogens is 1. The van der Waals surface area contributed by atoms with Crippen LogP contribution in [0.2, 0.25) is 5.02 Å². The Kier molecular flexibility index (Phi) is 4.12. The summed E-state index contributed by atoms with van der Waals surface area (Å²) in [5.41, 5.74) is 1.76. The van der Waals surface area contributed by atoms with Gasteiger partial charge in [0.25, 0.3) is 5.91 Å². The highest BCUT2D eigenvalue weighted by molar-refractivity contribution is 7.10. The molecule has 0 aromatic carbocycles. The van der Waals surface area contributed by atoms with Gasteiger partial charge in [0.2, 0.25) is 0 Å². The first-order valence-electron chi connectivity index (χ1n) is 6.93. The van der Waals surface area contributed by atoms with Crippen molar-refractivity contribution in [3.05, 3.63) is 44.7 Å². The van der Waals surface area contributed by atoms with Crippen molar-refractivity contribution < 1.29 is 4.79 Å². The molecular formula is C15H16ClN3OS. The molecule has 4 nitrogen and oxygen atoms in total. The minimum absolute atomic E-state index is 0.0293. The summed E-state index contributed by atoms with van der Waals surface area (Å²) < 4.78 is 0. The fourth-order valence-corrected chi connectivity index (χ4v) is 3.55. The molecule has 2 aromatic heterocycles. The van der Waals surface area contributed by atoms with Crippen LogP contribution in [0.3, 0.4) is 0 Å². The Morgan fingerprint density at radius 1 is 1.57 bits per heavy atom. The first-order valence-corrected chi connectivity index (χ1v) is 8.18. The third-order valence-corrected chi connectivity index (χ3v) is 4.86. The molecule has 1 aliphatic rings. The van der Waals surface area contributed by atoms with E-state index in [0.29, 0.717) is 22.9 Å². The third-order valence-electron chi connectivity index (χ3n) is 3.54. The highest BCUT2D eigenvalue weighted by Gasteiger charge is 2.24. The maximum Gasteiger partial charge on any atom is 0.255 e. The molecule has 0 aliphatic carbocycles. The molecule has 0 saturated carbocycles. The van der Waals surface area contributed by atoms with E-state index in [-0.39, 0.29) is 5.91 Å². The molecule has 1 aliphatic heterocycles. The lowest BCUT2D eigenvalue weighted by Crippen LogP contribution is -2.35. The topological polar surface area (TPSA) is 45.2 Å². The molecule has 1 N–H and O–H groups in total. The van der Waals surface area contributed by atoms with Crippen LogP contribution in [-0.2, 0) is 13.0 Å². The molecule has 0 saturated heterocycles. The number of carbonyl (C=O) groups excluding carboxylic acids is 1. The maximum atomic E-state index is 12.7. The Balaban J connectivity index is 1.84. The number of thiophene rings is 1. The van der Waals surface area contributed by atoms with Gasteiger partial charge in [0, 0.05) is 30.7 Å². The predicted octanol–water partition coefficient (Wildman–Crippen LogP) is 3.43. The zero-order valence-electron chi connectivity index (χ0n) is 11.7. The fraction of sp³-hybridized carbons (Fsp3) is 0.333. The van der Waals surface area contributed by atoms with Crippen LogP contribution in [0.25, 0.3) is 0 Å².